The van der Waals surface area contributed by atoms with Crippen LogP contribution in [-0.2, 0) is 17.9 Å². The zero-order valence-corrected chi connectivity index (χ0v) is 9.36. The molecule has 0 aliphatic heterocycles. The quantitative estimate of drug-likeness (QED) is 0.744. The van der Waals surface area contributed by atoms with E-state index < -0.39 is 0 Å². The lowest BCUT2D eigenvalue weighted by atomic mass is 10.2. The van der Waals surface area contributed by atoms with Crippen LogP contribution < -0.4 is 0 Å². The van der Waals surface area contributed by atoms with Crippen molar-refractivity contribution < 1.29 is 4.74 Å². The molecular weight excluding hydrogens is 186 g/mol. The normalized spacial score (nSPS) is 11.1. The molecule has 0 fully saturated rings. The fourth-order valence-corrected chi connectivity index (χ4v) is 1.92. The Morgan fingerprint density at radius 3 is 2.87 bits per heavy atom. The summed E-state index contributed by atoms with van der Waals surface area (Å²) >= 11 is 0. The van der Waals surface area contributed by atoms with Gasteiger partial charge in [0.05, 0.1) is 6.61 Å². The van der Waals surface area contributed by atoms with Crippen molar-refractivity contribution in [3.63, 3.8) is 0 Å². The highest BCUT2D eigenvalue weighted by Crippen LogP contribution is 2.18. The molecule has 0 amide bonds. The monoisotopic (exact) mass is 203 g/mol. The number of methoxy groups -OCH3 is 1. The second-order valence-electron chi connectivity index (χ2n) is 3.84. The summed E-state index contributed by atoms with van der Waals surface area (Å²) in [5.74, 6) is 0. The maximum atomic E-state index is 5.14. The van der Waals surface area contributed by atoms with Gasteiger partial charge in [-0.05, 0) is 29.5 Å². The average molecular weight is 203 g/mol. The van der Waals surface area contributed by atoms with Gasteiger partial charge in [-0.15, -0.1) is 0 Å². The third-order valence-corrected chi connectivity index (χ3v) is 2.61. The molecule has 0 aliphatic carbocycles. The maximum absolute atomic E-state index is 5.14. The summed E-state index contributed by atoms with van der Waals surface area (Å²) in [5, 5.41) is 1.31. The first-order valence-electron chi connectivity index (χ1n) is 5.42. The molecule has 2 heteroatoms. The van der Waals surface area contributed by atoms with E-state index >= 15 is 0 Å². The van der Waals surface area contributed by atoms with Gasteiger partial charge in [-0.25, -0.2) is 0 Å². The van der Waals surface area contributed by atoms with Crippen molar-refractivity contribution in [3.8, 4) is 0 Å². The minimum absolute atomic E-state index is 0.688. The summed E-state index contributed by atoms with van der Waals surface area (Å²) < 4.78 is 7.44. The highest BCUT2D eigenvalue weighted by Gasteiger charge is 2.01. The summed E-state index contributed by atoms with van der Waals surface area (Å²) in [6.45, 7) is 3.97. The number of nitrogens with zero attached hydrogens (tertiary/aromatic N) is 1. The number of rotatable bonds is 4. The van der Waals surface area contributed by atoms with E-state index in [0.717, 1.165) is 13.0 Å². The van der Waals surface area contributed by atoms with Crippen molar-refractivity contribution in [2.45, 2.75) is 26.5 Å². The molecular formula is C13H17NO. The van der Waals surface area contributed by atoms with E-state index in [1.54, 1.807) is 7.11 Å². The predicted molar refractivity (Wildman–Crippen MR) is 62.9 cm³/mol. The van der Waals surface area contributed by atoms with E-state index in [1.807, 2.05) is 0 Å². The molecule has 0 N–H and O–H groups in total. The van der Waals surface area contributed by atoms with Gasteiger partial charge >= 0.3 is 0 Å². The first kappa shape index (κ1) is 10.2. The number of hydrogen-bond acceptors (Lipinski definition) is 1. The van der Waals surface area contributed by atoms with Crippen molar-refractivity contribution in [1.29, 1.82) is 0 Å². The third kappa shape index (κ3) is 2.05. The predicted octanol–water partition coefficient (Wildman–Crippen LogP) is 3.20. The summed E-state index contributed by atoms with van der Waals surface area (Å²) in [6.07, 6.45) is 3.32. The maximum Gasteiger partial charge on any atom is 0.0713 e. The lowest BCUT2D eigenvalue weighted by Crippen LogP contribution is -1.95. The second kappa shape index (κ2) is 4.49. The van der Waals surface area contributed by atoms with Gasteiger partial charge in [-0.3, -0.25) is 0 Å². The van der Waals surface area contributed by atoms with Crippen LogP contribution in [0, 0.1) is 0 Å². The fraction of sp³-hybridized carbons (Fsp3) is 0.385. The Labute approximate surface area is 90.5 Å². The van der Waals surface area contributed by atoms with Crippen LogP contribution in [0.5, 0.6) is 0 Å². The first-order chi connectivity index (χ1) is 7.35. The lowest BCUT2D eigenvalue weighted by molar-refractivity contribution is 0.185. The van der Waals surface area contributed by atoms with Gasteiger partial charge in [0.1, 0.15) is 0 Å². The van der Waals surface area contributed by atoms with Gasteiger partial charge in [0, 0.05) is 25.4 Å². The molecule has 0 spiro atoms. The topological polar surface area (TPSA) is 14.2 Å². The SMILES string of the molecule is CCCn1ccc2ccc(COC)cc21. The van der Waals surface area contributed by atoms with Crippen LogP contribution in [-0.4, -0.2) is 11.7 Å². The Balaban J connectivity index is 2.42. The Hall–Kier alpha value is -1.28. The smallest absolute Gasteiger partial charge is 0.0713 e. The van der Waals surface area contributed by atoms with E-state index in [4.69, 9.17) is 4.74 Å². The van der Waals surface area contributed by atoms with Crippen LogP contribution in [0.1, 0.15) is 18.9 Å². The summed E-state index contributed by atoms with van der Waals surface area (Å²) in [5.41, 5.74) is 2.55. The summed E-state index contributed by atoms with van der Waals surface area (Å²) in [6, 6.07) is 8.67. The van der Waals surface area contributed by atoms with Gasteiger partial charge in [0.2, 0.25) is 0 Å². The number of hydrogen-bond donors (Lipinski definition) is 0. The second-order valence-corrected chi connectivity index (χ2v) is 3.84. The van der Waals surface area contributed by atoms with Gasteiger partial charge in [0.25, 0.3) is 0 Å². The van der Waals surface area contributed by atoms with E-state index in [1.165, 1.54) is 16.5 Å². The minimum Gasteiger partial charge on any atom is -0.380 e. The van der Waals surface area contributed by atoms with Crippen LogP contribution in [0.2, 0.25) is 0 Å². The third-order valence-electron chi connectivity index (χ3n) is 2.61. The lowest BCUT2D eigenvalue weighted by Gasteiger charge is -2.05. The minimum atomic E-state index is 0.688. The zero-order valence-electron chi connectivity index (χ0n) is 9.36. The molecule has 2 aromatic rings. The van der Waals surface area contributed by atoms with E-state index in [9.17, 15) is 0 Å². The van der Waals surface area contributed by atoms with Crippen LogP contribution in [0.25, 0.3) is 10.9 Å². The van der Waals surface area contributed by atoms with Crippen LogP contribution in [0.15, 0.2) is 30.5 Å². The van der Waals surface area contributed by atoms with Crippen LogP contribution in [0.4, 0.5) is 0 Å². The molecule has 0 saturated carbocycles. The van der Waals surface area contributed by atoms with E-state index in [0.29, 0.717) is 6.61 Å². The molecule has 0 aliphatic rings. The molecule has 0 atom stereocenters. The molecule has 1 aromatic heterocycles. The summed E-state index contributed by atoms with van der Waals surface area (Å²) in [7, 11) is 1.73. The highest BCUT2D eigenvalue weighted by atomic mass is 16.5. The van der Waals surface area contributed by atoms with Crippen molar-refractivity contribution in [3.05, 3.63) is 36.0 Å². The van der Waals surface area contributed by atoms with Gasteiger partial charge in [-0.2, -0.15) is 0 Å². The number of aromatic nitrogens is 1. The number of aryl methyl sites for hydroxylation is 1. The van der Waals surface area contributed by atoms with Crippen molar-refractivity contribution in [2.75, 3.05) is 7.11 Å². The zero-order chi connectivity index (χ0) is 10.7. The summed E-state index contributed by atoms with van der Waals surface area (Å²) in [4.78, 5) is 0. The van der Waals surface area contributed by atoms with Gasteiger partial charge in [-0.1, -0.05) is 19.1 Å². The molecule has 1 aromatic carbocycles. The molecule has 15 heavy (non-hydrogen) atoms. The number of ether oxygens (including phenoxy) is 1. The van der Waals surface area contributed by atoms with Crippen molar-refractivity contribution in [1.82, 2.24) is 4.57 Å². The van der Waals surface area contributed by atoms with E-state index in [-0.39, 0.29) is 0 Å². The number of benzene rings is 1. The largest absolute Gasteiger partial charge is 0.380 e. The molecule has 80 valence electrons. The molecule has 0 unspecified atom stereocenters. The molecule has 0 saturated heterocycles. The highest BCUT2D eigenvalue weighted by molar-refractivity contribution is 5.80. The Bertz CT molecular complexity index is 445. The fourth-order valence-electron chi connectivity index (χ4n) is 1.92. The first-order valence-corrected chi connectivity index (χ1v) is 5.42. The Morgan fingerprint density at radius 1 is 1.27 bits per heavy atom. The molecule has 0 radical (unpaired) electrons. The van der Waals surface area contributed by atoms with Gasteiger partial charge < -0.3 is 9.30 Å². The molecule has 2 rings (SSSR count). The van der Waals surface area contributed by atoms with Gasteiger partial charge in [0.15, 0.2) is 0 Å². The van der Waals surface area contributed by atoms with Crippen molar-refractivity contribution in [2.24, 2.45) is 0 Å². The molecule has 1 heterocycles. The van der Waals surface area contributed by atoms with Crippen LogP contribution >= 0.6 is 0 Å². The Morgan fingerprint density at radius 2 is 2.13 bits per heavy atom. The average Bonchev–Trinajstić information content (AvgIpc) is 2.63. The number of fused-ring (bicyclic) bond motifs is 1. The molecule has 0 bridgehead atoms. The van der Waals surface area contributed by atoms with E-state index in [2.05, 4.69) is 42.0 Å². The Kier molecular flexibility index (Phi) is 3.07. The standard InChI is InChI=1S/C13H17NO/c1-3-7-14-8-6-12-5-4-11(10-15-2)9-13(12)14/h4-6,8-9H,3,7,10H2,1-2H3. The molecule has 2 nitrogen and oxygen atoms in total. The van der Waals surface area contributed by atoms with Crippen LogP contribution in [0.3, 0.4) is 0 Å². The van der Waals surface area contributed by atoms with Crippen molar-refractivity contribution >= 4 is 10.9 Å².